The summed E-state index contributed by atoms with van der Waals surface area (Å²) in [5.74, 6) is 1.32. The van der Waals surface area contributed by atoms with Crippen LogP contribution >= 0.6 is 0 Å². The van der Waals surface area contributed by atoms with Gasteiger partial charge in [0.2, 0.25) is 5.95 Å². The van der Waals surface area contributed by atoms with Crippen LogP contribution in [0.3, 0.4) is 0 Å². The van der Waals surface area contributed by atoms with Crippen LogP contribution in [0.25, 0.3) is 10.9 Å². The molecule has 2 aromatic heterocycles. The Morgan fingerprint density at radius 3 is 2.83 bits per heavy atom. The summed E-state index contributed by atoms with van der Waals surface area (Å²) in [6.07, 6.45) is 3.64. The van der Waals surface area contributed by atoms with Crippen molar-refractivity contribution in [1.29, 1.82) is 0 Å². The molecular weight excluding hydrogens is 288 g/mol. The molecule has 1 aromatic carbocycles. The third kappa shape index (κ3) is 3.07. The average molecular weight is 306 g/mol. The first-order valence-corrected chi connectivity index (χ1v) is 7.79. The summed E-state index contributed by atoms with van der Waals surface area (Å²) in [6.45, 7) is 4.05. The smallest absolute Gasteiger partial charge is 0.228 e. The molecule has 23 heavy (non-hydrogen) atoms. The van der Waals surface area contributed by atoms with Gasteiger partial charge in [-0.2, -0.15) is 0 Å². The quantitative estimate of drug-likeness (QED) is 0.773. The summed E-state index contributed by atoms with van der Waals surface area (Å²) in [5.41, 5.74) is 2.09. The Morgan fingerprint density at radius 1 is 1.04 bits per heavy atom. The van der Waals surface area contributed by atoms with Crippen molar-refractivity contribution >= 4 is 28.4 Å². The highest BCUT2D eigenvalue weighted by atomic mass is 15.2. The predicted octanol–water partition coefficient (Wildman–Crippen LogP) is 2.18. The van der Waals surface area contributed by atoms with E-state index in [1.165, 1.54) is 5.69 Å². The first-order chi connectivity index (χ1) is 11.4. The van der Waals surface area contributed by atoms with Crippen molar-refractivity contribution < 1.29 is 0 Å². The Labute approximate surface area is 134 Å². The highest BCUT2D eigenvalue weighted by Gasteiger charge is 2.11. The zero-order chi connectivity index (χ0) is 15.5. The fraction of sp³-hybridized carbons (Fsp3) is 0.235. The minimum Gasteiger partial charge on any atom is -0.369 e. The van der Waals surface area contributed by atoms with Crippen LogP contribution in [-0.4, -0.2) is 41.1 Å². The third-order valence-electron chi connectivity index (χ3n) is 3.95. The normalized spacial score (nSPS) is 14.9. The number of para-hydroxylation sites is 1. The SMILES string of the molecule is c1ccc2nc(Nc3cc(N4CCNCC4)ccn3)ncc2c1. The van der Waals surface area contributed by atoms with Crippen LogP contribution in [0.2, 0.25) is 0 Å². The molecule has 1 aliphatic heterocycles. The van der Waals surface area contributed by atoms with E-state index in [4.69, 9.17) is 0 Å². The van der Waals surface area contributed by atoms with Crippen molar-refractivity contribution in [2.24, 2.45) is 0 Å². The van der Waals surface area contributed by atoms with Crippen LogP contribution in [0.5, 0.6) is 0 Å². The van der Waals surface area contributed by atoms with Crippen LogP contribution in [0.1, 0.15) is 0 Å². The second-order valence-corrected chi connectivity index (χ2v) is 5.51. The standard InChI is InChI=1S/C17H18N6/c1-2-4-15-13(3-1)12-20-17(21-15)22-16-11-14(5-6-19-16)23-9-7-18-8-10-23/h1-6,11-12,18H,7-10H2,(H,19,20,21,22). The first-order valence-electron chi connectivity index (χ1n) is 7.79. The molecule has 0 atom stereocenters. The number of rotatable bonds is 3. The molecule has 4 rings (SSSR count). The molecule has 0 spiro atoms. The van der Waals surface area contributed by atoms with Crippen molar-refractivity contribution in [3.63, 3.8) is 0 Å². The summed E-state index contributed by atoms with van der Waals surface area (Å²) in [4.78, 5) is 15.6. The first kappa shape index (κ1) is 13.9. The lowest BCUT2D eigenvalue weighted by molar-refractivity contribution is 0.589. The Morgan fingerprint density at radius 2 is 1.91 bits per heavy atom. The topological polar surface area (TPSA) is 66.0 Å². The molecule has 0 saturated carbocycles. The molecule has 3 aromatic rings. The van der Waals surface area contributed by atoms with Crippen molar-refractivity contribution in [3.8, 4) is 0 Å². The minimum atomic E-state index is 0.564. The van der Waals surface area contributed by atoms with E-state index < -0.39 is 0 Å². The van der Waals surface area contributed by atoms with Crippen LogP contribution in [0, 0.1) is 0 Å². The molecule has 1 saturated heterocycles. The van der Waals surface area contributed by atoms with E-state index in [2.05, 4.69) is 30.5 Å². The molecule has 0 unspecified atom stereocenters. The molecule has 116 valence electrons. The molecule has 1 aliphatic rings. The van der Waals surface area contributed by atoms with Crippen molar-refractivity contribution in [2.75, 3.05) is 36.4 Å². The summed E-state index contributed by atoms with van der Waals surface area (Å²) in [6, 6.07) is 12.0. The van der Waals surface area contributed by atoms with E-state index in [1.54, 1.807) is 0 Å². The molecule has 3 heterocycles. The number of hydrogen-bond donors (Lipinski definition) is 2. The maximum absolute atomic E-state index is 4.53. The molecule has 2 N–H and O–H groups in total. The van der Waals surface area contributed by atoms with E-state index in [1.807, 2.05) is 48.8 Å². The number of aromatic nitrogens is 3. The van der Waals surface area contributed by atoms with Crippen LogP contribution in [0.4, 0.5) is 17.5 Å². The van der Waals surface area contributed by atoms with Gasteiger partial charge in [-0.25, -0.2) is 15.0 Å². The molecule has 0 aliphatic carbocycles. The number of anilines is 3. The van der Waals surface area contributed by atoms with Gasteiger partial charge < -0.3 is 15.5 Å². The number of hydrogen-bond acceptors (Lipinski definition) is 6. The maximum atomic E-state index is 4.53. The van der Waals surface area contributed by atoms with E-state index in [-0.39, 0.29) is 0 Å². The van der Waals surface area contributed by atoms with E-state index in [0.29, 0.717) is 5.95 Å². The van der Waals surface area contributed by atoms with Crippen LogP contribution in [-0.2, 0) is 0 Å². The summed E-state index contributed by atoms with van der Waals surface area (Å²) >= 11 is 0. The van der Waals surface area contributed by atoms with E-state index in [9.17, 15) is 0 Å². The molecular formula is C17H18N6. The average Bonchev–Trinajstić information content (AvgIpc) is 2.63. The van der Waals surface area contributed by atoms with Gasteiger partial charge in [0, 0.05) is 55.7 Å². The van der Waals surface area contributed by atoms with Gasteiger partial charge in [-0.15, -0.1) is 0 Å². The number of fused-ring (bicyclic) bond motifs is 1. The monoisotopic (exact) mass is 306 g/mol. The number of nitrogens with zero attached hydrogens (tertiary/aromatic N) is 4. The second kappa shape index (κ2) is 6.18. The summed E-state index contributed by atoms with van der Waals surface area (Å²) in [7, 11) is 0. The minimum absolute atomic E-state index is 0.564. The lowest BCUT2D eigenvalue weighted by Crippen LogP contribution is -2.43. The Balaban J connectivity index is 1.57. The second-order valence-electron chi connectivity index (χ2n) is 5.51. The van der Waals surface area contributed by atoms with Crippen molar-refractivity contribution in [3.05, 3.63) is 48.8 Å². The molecule has 1 fully saturated rings. The molecule has 6 heteroatoms. The fourth-order valence-corrected chi connectivity index (χ4v) is 2.75. The maximum Gasteiger partial charge on any atom is 0.228 e. The van der Waals surface area contributed by atoms with Gasteiger partial charge in [0.15, 0.2) is 0 Å². The summed E-state index contributed by atoms with van der Waals surface area (Å²) < 4.78 is 0. The summed E-state index contributed by atoms with van der Waals surface area (Å²) in [5, 5.41) is 7.59. The van der Waals surface area contributed by atoms with Crippen molar-refractivity contribution in [2.45, 2.75) is 0 Å². The number of pyridine rings is 1. The Kier molecular flexibility index (Phi) is 3.73. The Hall–Kier alpha value is -2.73. The third-order valence-corrected chi connectivity index (χ3v) is 3.95. The number of piperazine rings is 1. The molecule has 0 amide bonds. The van der Waals surface area contributed by atoms with Crippen LogP contribution < -0.4 is 15.5 Å². The van der Waals surface area contributed by atoms with Gasteiger partial charge in [0.25, 0.3) is 0 Å². The zero-order valence-electron chi connectivity index (χ0n) is 12.7. The van der Waals surface area contributed by atoms with E-state index in [0.717, 1.165) is 42.9 Å². The number of nitrogens with one attached hydrogen (secondary N) is 2. The number of benzene rings is 1. The van der Waals surface area contributed by atoms with Crippen molar-refractivity contribution in [1.82, 2.24) is 20.3 Å². The van der Waals surface area contributed by atoms with Gasteiger partial charge in [0.1, 0.15) is 5.82 Å². The highest BCUT2D eigenvalue weighted by Crippen LogP contribution is 2.20. The largest absolute Gasteiger partial charge is 0.369 e. The van der Waals surface area contributed by atoms with E-state index >= 15 is 0 Å². The Bertz CT molecular complexity index is 813. The van der Waals surface area contributed by atoms with Gasteiger partial charge in [-0.1, -0.05) is 18.2 Å². The van der Waals surface area contributed by atoms with Gasteiger partial charge in [-0.3, -0.25) is 0 Å². The zero-order valence-corrected chi connectivity index (χ0v) is 12.7. The lowest BCUT2D eigenvalue weighted by atomic mass is 10.2. The lowest BCUT2D eigenvalue weighted by Gasteiger charge is -2.29. The fourth-order valence-electron chi connectivity index (χ4n) is 2.75. The molecule has 6 nitrogen and oxygen atoms in total. The molecule has 0 bridgehead atoms. The molecule has 0 radical (unpaired) electrons. The van der Waals surface area contributed by atoms with Gasteiger partial charge in [-0.05, 0) is 12.1 Å². The van der Waals surface area contributed by atoms with Gasteiger partial charge >= 0.3 is 0 Å². The van der Waals surface area contributed by atoms with Gasteiger partial charge in [0.05, 0.1) is 5.52 Å². The predicted molar refractivity (Wildman–Crippen MR) is 92.1 cm³/mol. The highest BCUT2D eigenvalue weighted by molar-refractivity contribution is 5.78. The van der Waals surface area contributed by atoms with Crippen LogP contribution in [0.15, 0.2) is 48.8 Å².